The molecule has 0 N–H and O–H groups in total. The van der Waals surface area contributed by atoms with Crippen molar-refractivity contribution in [3.05, 3.63) is 291 Å². The summed E-state index contributed by atoms with van der Waals surface area (Å²) in [6, 6.07) is 106. The van der Waals surface area contributed by atoms with Gasteiger partial charge in [0.2, 0.25) is 0 Å². The lowest BCUT2D eigenvalue weighted by Crippen LogP contribution is -2.09. The maximum absolute atomic E-state index is 2.47. The van der Waals surface area contributed by atoms with Crippen molar-refractivity contribution in [3.63, 3.8) is 0 Å². The first-order valence-corrected chi connectivity index (χ1v) is 24.8. The fourth-order valence-corrected chi connectivity index (χ4v) is 10.9. The molecule has 0 aromatic heterocycles. The van der Waals surface area contributed by atoms with Crippen molar-refractivity contribution in [2.75, 3.05) is 9.80 Å². The van der Waals surface area contributed by atoms with Crippen molar-refractivity contribution in [1.82, 2.24) is 0 Å². The molecule has 0 fully saturated rings. The summed E-state index contributed by atoms with van der Waals surface area (Å²) < 4.78 is 0. The summed E-state index contributed by atoms with van der Waals surface area (Å²) in [6.07, 6.45) is 0. The van der Waals surface area contributed by atoms with Crippen molar-refractivity contribution < 1.29 is 0 Å². The van der Waals surface area contributed by atoms with Gasteiger partial charge >= 0.3 is 0 Å². The average Bonchev–Trinajstić information content (AvgIpc) is 3.46. The molecule has 338 valence electrons. The van der Waals surface area contributed by atoms with Crippen LogP contribution in [0.25, 0.3) is 87.6 Å². The Morgan fingerprint density at radius 2 is 0.597 bits per heavy atom. The van der Waals surface area contributed by atoms with Gasteiger partial charge in [-0.1, -0.05) is 206 Å². The maximum Gasteiger partial charge on any atom is 0.0462 e. The summed E-state index contributed by atoms with van der Waals surface area (Å²) in [6.45, 7) is 0. The van der Waals surface area contributed by atoms with E-state index < -0.39 is 0 Å². The predicted molar refractivity (Wildman–Crippen MR) is 308 cm³/mol. The van der Waals surface area contributed by atoms with Crippen LogP contribution in [-0.4, -0.2) is 0 Å². The van der Waals surface area contributed by atoms with Crippen LogP contribution in [0, 0.1) is 0 Å². The highest BCUT2D eigenvalue weighted by Crippen LogP contribution is 2.51. The van der Waals surface area contributed by atoms with Crippen LogP contribution >= 0.6 is 0 Å². The van der Waals surface area contributed by atoms with Crippen LogP contribution in [0.3, 0.4) is 0 Å². The minimum Gasteiger partial charge on any atom is -0.311 e. The standard InChI is InChI=1S/C70H48N2/c1-6-21-50(22-7-1)65-48-66(51-37-42-58(43-38-51)71(54-25-8-2-9-26-54)55-27-10-3-11-28-55)69-64-46-41-53(61-36-20-24-49-23-16-17-33-60(49)61)47-67(64)62-34-18-19-35-63(62)70(69)68(65)52-39-44-59(45-40-52)72(56-29-12-4-13-30-56)57-31-14-5-15-32-57/h1-48H. The Hall–Kier alpha value is -9.50. The largest absolute Gasteiger partial charge is 0.311 e. The molecule has 0 saturated carbocycles. The first-order chi connectivity index (χ1) is 35.7. The number of para-hydroxylation sites is 4. The van der Waals surface area contributed by atoms with E-state index in [1.807, 2.05) is 0 Å². The molecule has 0 spiro atoms. The van der Waals surface area contributed by atoms with E-state index in [4.69, 9.17) is 0 Å². The quantitative estimate of drug-likeness (QED) is 0.126. The second kappa shape index (κ2) is 18.4. The Balaban J connectivity index is 1.09. The van der Waals surface area contributed by atoms with Gasteiger partial charge in [-0.05, 0) is 173 Å². The Kier molecular flexibility index (Phi) is 10.9. The van der Waals surface area contributed by atoms with Gasteiger partial charge in [-0.3, -0.25) is 0 Å². The van der Waals surface area contributed by atoms with E-state index in [0.29, 0.717) is 0 Å². The van der Waals surface area contributed by atoms with Crippen LogP contribution in [0.15, 0.2) is 291 Å². The molecule has 0 aliphatic carbocycles. The molecule has 13 aromatic rings. The molecule has 13 aromatic carbocycles. The molecular weight excluding hydrogens is 869 g/mol. The van der Waals surface area contributed by atoms with Crippen LogP contribution in [0.5, 0.6) is 0 Å². The summed E-state index contributed by atoms with van der Waals surface area (Å²) in [7, 11) is 0. The zero-order valence-electron chi connectivity index (χ0n) is 39.6. The van der Waals surface area contributed by atoms with Gasteiger partial charge in [-0.15, -0.1) is 0 Å². The summed E-state index contributed by atoms with van der Waals surface area (Å²) in [5.41, 5.74) is 16.1. The van der Waals surface area contributed by atoms with Gasteiger partial charge in [0.25, 0.3) is 0 Å². The number of nitrogens with zero attached hydrogens (tertiary/aromatic N) is 2. The van der Waals surface area contributed by atoms with Crippen molar-refractivity contribution in [2.24, 2.45) is 0 Å². The van der Waals surface area contributed by atoms with E-state index >= 15 is 0 Å². The monoisotopic (exact) mass is 916 g/mol. The van der Waals surface area contributed by atoms with Crippen molar-refractivity contribution >= 4 is 77.2 Å². The number of benzene rings is 13. The topological polar surface area (TPSA) is 6.48 Å². The number of fused-ring (bicyclic) bond motifs is 7. The van der Waals surface area contributed by atoms with Gasteiger partial charge in [0.1, 0.15) is 0 Å². The highest BCUT2D eigenvalue weighted by atomic mass is 15.1. The molecule has 72 heavy (non-hydrogen) atoms. The maximum atomic E-state index is 2.47. The van der Waals surface area contributed by atoms with Crippen LogP contribution < -0.4 is 9.80 Å². The fourth-order valence-electron chi connectivity index (χ4n) is 10.9. The molecule has 0 aliphatic heterocycles. The minimum atomic E-state index is 1.09. The number of hydrogen-bond donors (Lipinski definition) is 0. The van der Waals surface area contributed by atoms with Crippen LogP contribution in [0.1, 0.15) is 0 Å². The SMILES string of the molecule is c1ccc(-c2cc(-c3ccc(N(c4ccccc4)c4ccccc4)cc3)c3c4ccc(-c5cccc6ccccc56)cc4c4ccccc4c3c2-c2ccc(N(c3ccccc3)c3ccccc3)cc2)cc1. The molecule has 0 atom stereocenters. The Morgan fingerprint density at radius 3 is 1.15 bits per heavy atom. The van der Waals surface area contributed by atoms with Gasteiger partial charge in [-0.2, -0.15) is 0 Å². The zero-order valence-corrected chi connectivity index (χ0v) is 39.6. The smallest absolute Gasteiger partial charge is 0.0462 e. The Labute approximate surface area is 420 Å². The van der Waals surface area contributed by atoms with E-state index in [-0.39, 0.29) is 0 Å². The predicted octanol–water partition coefficient (Wildman–Crippen LogP) is 19.9. The van der Waals surface area contributed by atoms with E-state index in [9.17, 15) is 0 Å². The highest BCUT2D eigenvalue weighted by Gasteiger charge is 2.23. The summed E-state index contributed by atoms with van der Waals surface area (Å²) in [5, 5.41) is 9.87. The molecule has 0 bridgehead atoms. The summed E-state index contributed by atoms with van der Waals surface area (Å²) in [5.74, 6) is 0. The zero-order chi connectivity index (χ0) is 47.8. The Morgan fingerprint density at radius 1 is 0.194 bits per heavy atom. The molecule has 0 unspecified atom stereocenters. The second-order valence-corrected chi connectivity index (χ2v) is 18.4. The lowest BCUT2D eigenvalue weighted by molar-refractivity contribution is 1.28. The third-order valence-electron chi connectivity index (χ3n) is 14.2. The van der Waals surface area contributed by atoms with E-state index in [1.54, 1.807) is 0 Å². The number of rotatable bonds is 10. The van der Waals surface area contributed by atoms with Gasteiger partial charge in [0.05, 0.1) is 0 Å². The second-order valence-electron chi connectivity index (χ2n) is 18.4. The highest BCUT2D eigenvalue weighted by molar-refractivity contribution is 6.33. The third kappa shape index (κ3) is 7.63. The lowest BCUT2D eigenvalue weighted by Gasteiger charge is -2.26. The third-order valence-corrected chi connectivity index (χ3v) is 14.2. The normalized spacial score (nSPS) is 11.3. The van der Waals surface area contributed by atoms with E-state index in [0.717, 1.165) is 45.3 Å². The summed E-state index contributed by atoms with van der Waals surface area (Å²) >= 11 is 0. The summed E-state index contributed by atoms with van der Waals surface area (Å²) in [4.78, 5) is 4.67. The first-order valence-electron chi connectivity index (χ1n) is 24.8. The van der Waals surface area contributed by atoms with Crippen LogP contribution in [0.2, 0.25) is 0 Å². The molecule has 0 amide bonds. The van der Waals surface area contributed by atoms with Gasteiger partial charge < -0.3 is 9.80 Å². The van der Waals surface area contributed by atoms with E-state index in [2.05, 4.69) is 301 Å². The molecule has 2 nitrogen and oxygen atoms in total. The van der Waals surface area contributed by atoms with Gasteiger partial charge in [-0.25, -0.2) is 0 Å². The first kappa shape index (κ1) is 42.6. The van der Waals surface area contributed by atoms with E-state index in [1.165, 1.54) is 76.5 Å². The molecule has 13 rings (SSSR count). The molecule has 0 heterocycles. The average molecular weight is 917 g/mol. The minimum absolute atomic E-state index is 1.09. The van der Waals surface area contributed by atoms with Gasteiger partial charge in [0.15, 0.2) is 0 Å². The lowest BCUT2D eigenvalue weighted by atomic mass is 9.81. The molecule has 2 heteroatoms. The van der Waals surface area contributed by atoms with Crippen LogP contribution in [-0.2, 0) is 0 Å². The van der Waals surface area contributed by atoms with Gasteiger partial charge in [0, 0.05) is 34.1 Å². The van der Waals surface area contributed by atoms with Crippen molar-refractivity contribution in [3.8, 4) is 44.5 Å². The number of anilines is 6. The van der Waals surface area contributed by atoms with Crippen LogP contribution in [0.4, 0.5) is 34.1 Å². The molecule has 0 aliphatic rings. The Bertz CT molecular complexity index is 3960. The fraction of sp³-hybridized carbons (Fsp3) is 0. The molecule has 0 saturated heterocycles. The molecular formula is C70H48N2. The van der Waals surface area contributed by atoms with Crippen molar-refractivity contribution in [2.45, 2.75) is 0 Å². The molecule has 0 radical (unpaired) electrons. The van der Waals surface area contributed by atoms with Crippen molar-refractivity contribution in [1.29, 1.82) is 0 Å². The number of hydrogen-bond acceptors (Lipinski definition) is 2.